The molecule has 1 aliphatic rings. The third kappa shape index (κ3) is 3.23. The zero-order valence-corrected chi connectivity index (χ0v) is 8.77. The van der Waals surface area contributed by atoms with E-state index in [1.165, 1.54) is 12.2 Å². The lowest BCUT2D eigenvalue weighted by Gasteiger charge is -1.99. The number of allylic oxidation sites excluding steroid dienone is 4. The molecule has 0 atom stereocenters. The van der Waals surface area contributed by atoms with Crippen molar-refractivity contribution in [3.8, 4) is 0 Å². The van der Waals surface area contributed by atoms with E-state index in [4.69, 9.17) is 0 Å². The Morgan fingerprint density at radius 3 is 2.87 bits per heavy atom. The summed E-state index contributed by atoms with van der Waals surface area (Å²) in [7, 11) is 0. The van der Waals surface area contributed by atoms with Gasteiger partial charge in [-0.1, -0.05) is 19.4 Å². The Bertz CT molecular complexity index is 340. The van der Waals surface area contributed by atoms with E-state index < -0.39 is 4.92 Å². The van der Waals surface area contributed by atoms with E-state index in [0.29, 0.717) is 6.42 Å². The summed E-state index contributed by atoms with van der Waals surface area (Å²) in [6.07, 6.45) is 8.30. The molecule has 0 spiro atoms. The van der Waals surface area contributed by atoms with Crippen molar-refractivity contribution in [3.05, 3.63) is 45.4 Å². The quantitative estimate of drug-likeness (QED) is 0.571. The Morgan fingerprint density at radius 1 is 1.53 bits per heavy atom. The van der Waals surface area contributed by atoms with Crippen LogP contribution in [0.3, 0.4) is 0 Å². The van der Waals surface area contributed by atoms with Crippen LogP contribution in [0.25, 0.3) is 0 Å². The molecule has 0 fully saturated rings. The van der Waals surface area contributed by atoms with Crippen LogP contribution >= 0.6 is 0 Å². The lowest BCUT2D eigenvalue weighted by Crippen LogP contribution is -2.01. The van der Waals surface area contributed by atoms with Gasteiger partial charge in [-0.05, 0) is 30.9 Å². The summed E-state index contributed by atoms with van der Waals surface area (Å²) in [5.41, 5.74) is 0.735. The highest BCUT2D eigenvalue weighted by atomic mass is 16.6. The van der Waals surface area contributed by atoms with Crippen LogP contribution in [0.5, 0.6) is 0 Å². The average molecular weight is 209 g/mol. The molecule has 15 heavy (non-hydrogen) atoms. The van der Waals surface area contributed by atoms with Crippen molar-refractivity contribution in [2.24, 2.45) is 0 Å². The van der Waals surface area contributed by atoms with E-state index >= 15 is 0 Å². The standard InChI is InChI=1S/C11H15NO3/c1-2-3-5-9-6-4-7-11(13)10(8-9)12(14)15/h6-8,13H,2-5H2,1H3. The van der Waals surface area contributed by atoms with Crippen molar-refractivity contribution < 1.29 is 10.0 Å². The third-order valence-electron chi connectivity index (χ3n) is 2.29. The van der Waals surface area contributed by atoms with Gasteiger partial charge in [-0.3, -0.25) is 10.1 Å². The smallest absolute Gasteiger partial charge is 0.310 e. The van der Waals surface area contributed by atoms with Gasteiger partial charge in [-0.2, -0.15) is 0 Å². The molecule has 0 aromatic rings. The van der Waals surface area contributed by atoms with Crippen LogP contribution in [0.4, 0.5) is 0 Å². The van der Waals surface area contributed by atoms with Gasteiger partial charge in [0.05, 0.1) is 4.92 Å². The van der Waals surface area contributed by atoms with Gasteiger partial charge >= 0.3 is 5.70 Å². The zero-order chi connectivity index (χ0) is 11.3. The van der Waals surface area contributed by atoms with Gasteiger partial charge in [0.15, 0.2) is 5.76 Å². The summed E-state index contributed by atoms with van der Waals surface area (Å²) < 4.78 is 0. The van der Waals surface area contributed by atoms with E-state index in [9.17, 15) is 15.2 Å². The molecule has 0 unspecified atom stereocenters. The predicted octanol–water partition coefficient (Wildman–Crippen LogP) is 3.11. The van der Waals surface area contributed by atoms with Crippen LogP contribution in [-0.4, -0.2) is 10.0 Å². The number of nitro groups is 1. The Hall–Kier alpha value is -1.58. The number of nitrogens with zero attached hydrogens (tertiary/aromatic N) is 1. The van der Waals surface area contributed by atoms with Crippen LogP contribution in [-0.2, 0) is 0 Å². The van der Waals surface area contributed by atoms with Crippen molar-refractivity contribution in [1.29, 1.82) is 0 Å². The molecule has 1 N–H and O–H groups in total. The fourth-order valence-corrected chi connectivity index (χ4v) is 1.44. The van der Waals surface area contributed by atoms with Gasteiger partial charge in [0.25, 0.3) is 0 Å². The first kappa shape index (κ1) is 11.5. The summed E-state index contributed by atoms with van der Waals surface area (Å²) in [6.45, 7) is 2.07. The molecule has 0 aromatic carbocycles. The molecule has 1 aliphatic carbocycles. The maximum absolute atomic E-state index is 10.6. The molecule has 82 valence electrons. The Morgan fingerprint density at radius 2 is 2.27 bits per heavy atom. The summed E-state index contributed by atoms with van der Waals surface area (Å²) in [5.74, 6) is -0.234. The van der Waals surface area contributed by atoms with Crippen LogP contribution in [0.1, 0.15) is 32.6 Å². The molecule has 0 radical (unpaired) electrons. The van der Waals surface area contributed by atoms with Gasteiger partial charge in [0.2, 0.25) is 0 Å². The SMILES string of the molecule is CCCCC1=CCC=C(O)C([N+](=O)[O-])=C1. The zero-order valence-electron chi connectivity index (χ0n) is 8.77. The Balaban J connectivity index is 2.85. The van der Waals surface area contributed by atoms with Gasteiger partial charge in [-0.15, -0.1) is 0 Å². The highest BCUT2D eigenvalue weighted by molar-refractivity contribution is 5.32. The highest BCUT2D eigenvalue weighted by Crippen LogP contribution is 2.20. The van der Waals surface area contributed by atoms with Gasteiger partial charge in [-0.25, -0.2) is 0 Å². The first-order chi connectivity index (χ1) is 7.15. The topological polar surface area (TPSA) is 63.4 Å². The van der Waals surface area contributed by atoms with E-state index in [-0.39, 0.29) is 11.5 Å². The first-order valence-corrected chi connectivity index (χ1v) is 5.09. The van der Waals surface area contributed by atoms with Gasteiger partial charge in [0.1, 0.15) is 0 Å². The van der Waals surface area contributed by atoms with Crippen molar-refractivity contribution in [3.63, 3.8) is 0 Å². The van der Waals surface area contributed by atoms with E-state index in [2.05, 4.69) is 6.92 Å². The molecular weight excluding hydrogens is 194 g/mol. The number of aliphatic hydroxyl groups is 1. The first-order valence-electron chi connectivity index (χ1n) is 5.09. The van der Waals surface area contributed by atoms with Crippen molar-refractivity contribution in [2.45, 2.75) is 32.6 Å². The van der Waals surface area contributed by atoms with Crippen LogP contribution in [0.15, 0.2) is 35.3 Å². The number of unbranched alkanes of at least 4 members (excludes halogenated alkanes) is 1. The maximum Gasteiger partial charge on any atom is 0.310 e. The molecule has 0 heterocycles. The third-order valence-corrected chi connectivity index (χ3v) is 2.29. The van der Waals surface area contributed by atoms with Crippen molar-refractivity contribution >= 4 is 0 Å². The second-order valence-corrected chi connectivity index (χ2v) is 3.49. The molecular formula is C11H15NO3. The van der Waals surface area contributed by atoms with E-state index in [1.54, 1.807) is 0 Å². The van der Waals surface area contributed by atoms with Crippen molar-refractivity contribution in [2.75, 3.05) is 0 Å². The summed E-state index contributed by atoms with van der Waals surface area (Å²) in [6, 6.07) is 0. The molecule has 0 bridgehead atoms. The minimum Gasteiger partial charge on any atom is -0.502 e. The number of hydrogen-bond donors (Lipinski definition) is 1. The Kier molecular flexibility index (Phi) is 4.09. The number of aliphatic hydroxyl groups excluding tert-OH is 1. The van der Waals surface area contributed by atoms with Gasteiger partial charge < -0.3 is 5.11 Å². The van der Waals surface area contributed by atoms with E-state index in [0.717, 1.165) is 24.8 Å². The second-order valence-electron chi connectivity index (χ2n) is 3.49. The largest absolute Gasteiger partial charge is 0.502 e. The highest BCUT2D eigenvalue weighted by Gasteiger charge is 2.18. The van der Waals surface area contributed by atoms with E-state index in [1.807, 2.05) is 6.08 Å². The van der Waals surface area contributed by atoms with Crippen LogP contribution in [0.2, 0.25) is 0 Å². The minimum absolute atomic E-state index is 0.199. The van der Waals surface area contributed by atoms with Crippen LogP contribution < -0.4 is 0 Å². The molecule has 1 rings (SSSR count). The summed E-state index contributed by atoms with van der Waals surface area (Å²) >= 11 is 0. The molecule has 0 amide bonds. The molecule has 0 saturated carbocycles. The molecule has 4 nitrogen and oxygen atoms in total. The monoisotopic (exact) mass is 209 g/mol. The second kappa shape index (κ2) is 5.34. The number of rotatable bonds is 4. The van der Waals surface area contributed by atoms with Gasteiger partial charge in [0, 0.05) is 6.08 Å². The lowest BCUT2D eigenvalue weighted by molar-refractivity contribution is -0.423. The average Bonchev–Trinajstić information content (AvgIpc) is 2.37. The Labute approximate surface area is 88.8 Å². The lowest BCUT2D eigenvalue weighted by atomic mass is 10.1. The predicted molar refractivity (Wildman–Crippen MR) is 58.0 cm³/mol. The van der Waals surface area contributed by atoms with Crippen molar-refractivity contribution in [1.82, 2.24) is 0 Å². The fraction of sp³-hybridized carbons (Fsp3) is 0.455. The maximum atomic E-state index is 10.6. The van der Waals surface area contributed by atoms with Crippen LogP contribution in [0, 0.1) is 10.1 Å². The number of hydrogen-bond acceptors (Lipinski definition) is 3. The molecule has 0 aromatic heterocycles. The fourth-order valence-electron chi connectivity index (χ4n) is 1.44. The normalized spacial score (nSPS) is 16.2. The molecule has 0 saturated heterocycles. The minimum atomic E-state index is -0.545. The summed E-state index contributed by atoms with van der Waals surface area (Å²) in [4.78, 5) is 10.1. The molecule has 0 aliphatic heterocycles. The summed E-state index contributed by atoms with van der Waals surface area (Å²) in [5, 5.41) is 20.0. The molecule has 4 heteroatoms.